The molecule has 0 aliphatic carbocycles. The molecule has 0 amide bonds. The zero-order valence-electron chi connectivity index (χ0n) is 11.7. The van der Waals surface area contributed by atoms with Crippen LogP contribution in [0.3, 0.4) is 0 Å². The number of nitrogens with two attached hydrogens (primary N) is 1. The van der Waals surface area contributed by atoms with Gasteiger partial charge in [0.25, 0.3) is 0 Å². The first-order valence-corrected chi connectivity index (χ1v) is 8.08. The van der Waals surface area contributed by atoms with Crippen molar-refractivity contribution < 1.29 is 9.53 Å². The summed E-state index contributed by atoms with van der Waals surface area (Å²) >= 11 is 7.02. The number of esters is 1. The fourth-order valence-electron chi connectivity index (χ4n) is 2.02. The topological polar surface area (TPSA) is 70.1 Å². The Morgan fingerprint density at radius 1 is 1.33 bits per heavy atom. The van der Waals surface area contributed by atoms with E-state index in [0.29, 0.717) is 12.2 Å². The average molecular weight is 417 g/mol. The van der Waals surface area contributed by atoms with Crippen molar-refractivity contribution >= 4 is 43.6 Å². The van der Waals surface area contributed by atoms with Crippen LogP contribution in [-0.4, -0.2) is 22.1 Å². The fraction of sp³-hybridized carbons (Fsp3) is 0.286. The summed E-state index contributed by atoms with van der Waals surface area (Å²) in [6.07, 6.45) is 0.636. The summed E-state index contributed by atoms with van der Waals surface area (Å²) in [5.74, 6) is 0.465. The lowest BCUT2D eigenvalue weighted by atomic mass is 10.3. The van der Waals surface area contributed by atoms with Crippen molar-refractivity contribution in [3.63, 3.8) is 0 Å². The minimum absolute atomic E-state index is 0.149. The maximum absolute atomic E-state index is 11.9. The van der Waals surface area contributed by atoms with Gasteiger partial charge in [-0.25, -0.2) is 9.78 Å². The van der Waals surface area contributed by atoms with E-state index in [-0.39, 0.29) is 18.1 Å². The highest BCUT2D eigenvalue weighted by Crippen LogP contribution is 2.33. The van der Waals surface area contributed by atoms with E-state index in [9.17, 15) is 4.79 Å². The molecule has 1 aromatic heterocycles. The summed E-state index contributed by atoms with van der Waals surface area (Å²) < 4.78 is 8.47. The van der Waals surface area contributed by atoms with Crippen molar-refractivity contribution in [2.45, 2.75) is 20.3 Å². The molecule has 0 spiro atoms. The molecule has 0 unspecified atom stereocenters. The number of anilines is 1. The molecule has 7 heteroatoms. The van der Waals surface area contributed by atoms with Crippen LogP contribution in [0.15, 0.2) is 27.1 Å². The molecule has 0 radical (unpaired) electrons. The predicted molar refractivity (Wildman–Crippen MR) is 88.7 cm³/mol. The number of nitrogens with zero attached hydrogens (tertiary/aromatic N) is 2. The van der Waals surface area contributed by atoms with Crippen LogP contribution in [0.2, 0.25) is 0 Å². The largest absolute Gasteiger partial charge is 0.461 e. The van der Waals surface area contributed by atoms with Crippen molar-refractivity contribution in [2.24, 2.45) is 0 Å². The van der Waals surface area contributed by atoms with E-state index in [1.54, 1.807) is 11.5 Å². The monoisotopic (exact) mass is 415 g/mol. The summed E-state index contributed by atoms with van der Waals surface area (Å²) in [6, 6.07) is 5.72. The summed E-state index contributed by atoms with van der Waals surface area (Å²) in [7, 11) is 0. The van der Waals surface area contributed by atoms with Crippen molar-refractivity contribution in [3.05, 3.63) is 38.7 Å². The van der Waals surface area contributed by atoms with E-state index < -0.39 is 5.97 Å². The Bertz CT molecular complexity index is 663. The maximum Gasteiger partial charge on any atom is 0.360 e. The fourth-order valence-corrected chi connectivity index (χ4v) is 3.37. The number of imidazole rings is 1. The lowest BCUT2D eigenvalue weighted by molar-refractivity contribution is 0.0521. The van der Waals surface area contributed by atoms with Gasteiger partial charge < -0.3 is 10.5 Å². The van der Waals surface area contributed by atoms with Crippen LogP contribution in [0.25, 0.3) is 5.69 Å². The molecule has 2 rings (SSSR count). The van der Waals surface area contributed by atoms with Crippen LogP contribution in [-0.2, 0) is 11.2 Å². The highest BCUT2D eigenvalue weighted by Gasteiger charge is 2.23. The third-order valence-electron chi connectivity index (χ3n) is 2.93. The highest BCUT2D eigenvalue weighted by atomic mass is 79.9. The Morgan fingerprint density at radius 2 is 1.95 bits per heavy atom. The molecule has 21 heavy (non-hydrogen) atoms. The molecular formula is C14H15Br2N3O2. The number of aromatic nitrogens is 2. The number of hydrogen-bond donors (Lipinski definition) is 1. The molecule has 0 aliphatic heterocycles. The van der Waals surface area contributed by atoms with Crippen molar-refractivity contribution in [1.29, 1.82) is 0 Å². The number of ether oxygens (including phenoxy) is 1. The molecule has 1 aromatic carbocycles. The van der Waals surface area contributed by atoms with Crippen molar-refractivity contribution in [1.82, 2.24) is 9.55 Å². The second kappa shape index (κ2) is 6.62. The van der Waals surface area contributed by atoms with Gasteiger partial charge >= 0.3 is 5.97 Å². The van der Waals surface area contributed by atoms with Crippen molar-refractivity contribution in [3.8, 4) is 5.69 Å². The summed E-state index contributed by atoms with van der Waals surface area (Å²) in [5.41, 5.74) is 7.10. The van der Waals surface area contributed by atoms with Gasteiger partial charge in [-0.1, -0.05) is 13.0 Å². The standard InChI is InChI=1S/C14H15Br2N3O2/c1-3-10-18-11(14(20)21-4-2)13(17)19(10)12-8(15)6-5-7-9(12)16/h5-7H,3-4,17H2,1-2H3. The van der Waals surface area contributed by atoms with E-state index in [4.69, 9.17) is 10.5 Å². The summed E-state index contributed by atoms with van der Waals surface area (Å²) in [4.78, 5) is 16.3. The lowest BCUT2D eigenvalue weighted by Gasteiger charge is -2.13. The van der Waals surface area contributed by atoms with Crippen LogP contribution < -0.4 is 5.73 Å². The molecule has 1 heterocycles. The Morgan fingerprint density at radius 3 is 2.48 bits per heavy atom. The van der Waals surface area contributed by atoms with Crippen LogP contribution in [0.1, 0.15) is 30.2 Å². The number of carbonyl (C=O) groups excluding carboxylic acids is 1. The van der Waals surface area contributed by atoms with E-state index >= 15 is 0 Å². The number of carbonyl (C=O) groups is 1. The number of para-hydroxylation sites is 1. The highest BCUT2D eigenvalue weighted by molar-refractivity contribution is 9.11. The van der Waals surface area contributed by atoms with E-state index in [1.165, 1.54) is 0 Å². The smallest absolute Gasteiger partial charge is 0.360 e. The molecular weight excluding hydrogens is 402 g/mol. The Balaban J connectivity index is 2.66. The van der Waals surface area contributed by atoms with Crippen LogP contribution in [0, 0.1) is 0 Å². The number of hydrogen-bond acceptors (Lipinski definition) is 4. The van der Waals surface area contributed by atoms with Crippen LogP contribution in [0.4, 0.5) is 5.82 Å². The first-order valence-electron chi connectivity index (χ1n) is 6.49. The Labute approximate surface area is 139 Å². The van der Waals surface area contributed by atoms with Gasteiger partial charge in [-0.05, 0) is 50.9 Å². The molecule has 0 saturated heterocycles. The Hall–Kier alpha value is -1.34. The van der Waals surface area contributed by atoms with Crippen molar-refractivity contribution in [2.75, 3.05) is 12.3 Å². The molecule has 112 valence electrons. The normalized spacial score (nSPS) is 10.7. The van der Waals surface area contributed by atoms with Crippen LogP contribution in [0.5, 0.6) is 0 Å². The molecule has 2 aromatic rings. The average Bonchev–Trinajstić information content (AvgIpc) is 2.76. The molecule has 0 atom stereocenters. The van der Waals surface area contributed by atoms with Gasteiger partial charge in [0, 0.05) is 15.4 Å². The van der Waals surface area contributed by atoms with Gasteiger partial charge in [0.15, 0.2) is 5.69 Å². The quantitative estimate of drug-likeness (QED) is 0.771. The van der Waals surface area contributed by atoms with Gasteiger partial charge in [0.05, 0.1) is 12.3 Å². The first kappa shape index (κ1) is 16.0. The van der Waals surface area contributed by atoms with Gasteiger partial charge in [-0.15, -0.1) is 0 Å². The SMILES string of the molecule is CCOC(=O)c1nc(CC)n(-c2c(Br)cccc2Br)c1N. The molecule has 0 saturated carbocycles. The third-order valence-corrected chi connectivity index (χ3v) is 4.21. The van der Waals surface area contributed by atoms with Gasteiger partial charge in [-0.3, -0.25) is 4.57 Å². The minimum Gasteiger partial charge on any atom is -0.461 e. The Kier molecular flexibility index (Phi) is 5.05. The van der Waals surface area contributed by atoms with E-state index in [2.05, 4.69) is 36.8 Å². The second-order valence-corrected chi connectivity index (χ2v) is 5.95. The molecule has 0 aliphatic rings. The number of benzene rings is 1. The van der Waals surface area contributed by atoms with Crippen LogP contribution >= 0.6 is 31.9 Å². The second-order valence-electron chi connectivity index (χ2n) is 4.24. The van der Waals surface area contributed by atoms with Gasteiger partial charge in [0.1, 0.15) is 11.6 Å². The zero-order chi connectivity index (χ0) is 15.6. The summed E-state index contributed by atoms with van der Waals surface area (Å²) in [6.45, 7) is 3.99. The molecule has 5 nitrogen and oxygen atoms in total. The number of nitrogen functional groups attached to an aromatic ring is 1. The lowest BCUT2D eigenvalue weighted by Crippen LogP contribution is -2.10. The first-order chi connectivity index (χ1) is 10.0. The maximum atomic E-state index is 11.9. The van der Waals surface area contributed by atoms with E-state index in [1.807, 2.05) is 25.1 Å². The molecule has 0 bridgehead atoms. The number of halogens is 2. The number of aryl methyl sites for hydroxylation is 1. The number of rotatable bonds is 4. The minimum atomic E-state index is -0.508. The van der Waals surface area contributed by atoms with E-state index in [0.717, 1.165) is 14.6 Å². The van der Waals surface area contributed by atoms with Gasteiger partial charge in [-0.2, -0.15) is 0 Å². The predicted octanol–water partition coefficient (Wildman–Crippen LogP) is 3.72. The molecule has 2 N–H and O–H groups in total. The van der Waals surface area contributed by atoms with Gasteiger partial charge in [0.2, 0.25) is 0 Å². The summed E-state index contributed by atoms with van der Waals surface area (Å²) in [5, 5.41) is 0. The third kappa shape index (κ3) is 2.98. The zero-order valence-corrected chi connectivity index (χ0v) is 14.9. The molecule has 0 fully saturated rings.